The third kappa shape index (κ3) is 2.80. The zero-order valence-corrected chi connectivity index (χ0v) is 12.8. The molecule has 0 radical (unpaired) electrons. The maximum absolute atomic E-state index is 12.5. The number of pyridine rings is 1. The van der Waals surface area contributed by atoms with Crippen LogP contribution in [-0.2, 0) is 4.79 Å². The van der Waals surface area contributed by atoms with Gasteiger partial charge in [0.2, 0.25) is 5.91 Å². The molecule has 1 aliphatic heterocycles. The highest BCUT2D eigenvalue weighted by atomic mass is 32.2. The van der Waals surface area contributed by atoms with Crippen molar-refractivity contribution in [2.24, 2.45) is 0 Å². The summed E-state index contributed by atoms with van der Waals surface area (Å²) in [5.41, 5.74) is -0.306. The van der Waals surface area contributed by atoms with E-state index in [1.54, 1.807) is 42.8 Å². The van der Waals surface area contributed by atoms with Gasteiger partial charge in [-0.3, -0.25) is 9.59 Å². The SMILES string of the molecule is CCSc1ccc(C(=O)N2CCNC(=O)C2(C)C)cn1. The number of rotatable bonds is 3. The molecule has 5 nitrogen and oxygen atoms in total. The zero-order chi connectivity index (χ0) is 14.8. The van der Waals surface area contributed by atoms with Gasteiger partial charge in [0.15, 0.2) is 0 Å². The van der Waals surface area contributed by atoms with Crippen LogP contribution in [0.1, 0.15) is 31.1 Å². The second kappa shape index (κ2) is 5.83. The molecule has 6 heteroatoms. The summed E-state index contributed by atoms with van der Waals surface area (Å²) < 4.78 is 0. The monoisotopic (exact) mass is 293 g/mol. The lowest BCUT2D eigenvalue weighted by molar-refractivity contribution is -0.133. The van der Waals surface area contributed by atoms with Gasteiger partial charge in [0.25, 0.3) is 5.91 Å². The summed E-state index contributed by atoms with van der Waals surface area (Å²) in [5, 5.41) is 3.69. The van der Waals surface area contributed by atoms with E-state index in [2.05, 4.69) is 17.2 Å². The molecule has 108 valence electrons. The molecular formula is C14H19N3O2S. The Kier molecular flexibility index (Phi) is 4.32. The van der Waals surface area contributed by atoms with E-state index in [1.807, 2.05) is 6.07 Å². The van der Waals surface area contributed by atoms with E-state index >= 15 is 0 Å². The molecule has 2 heterocycles. The largest absolute Gasteiger partial charge is 0.352 e. The lowest BCUT2D eigenvalue weighted by Gasteiger charge is -2.41. The van der Waals surface area contributed by atoms with E-state index in [4.69, 9.17) is 0 Å². The summed E-state index contributed by atoms with van der Waals surface area (Å²) in [6, 6.07) is 3.62. The average molecular weight is 293 g/mol. The van der Waals surface area contributed by atoms with Crippen LogP contribution in [0, 0.1) is 0 Å². The molecule has 1 saturated heterocycles. The Morgan fingerprint density at radius 1 is 1.50 bits per heavy atom. The molecule has 20 heavy (non-hydrogen) atoms. The fourth-order valence-corrected chi connectivity index (χ4v) is 2.74. The van der Waals surface area contributed by atoms with Crippen LogP contribution in [0.4, 0.5) is 0 Å². The van der Waals surface area contributed by atoms with Crippen LogP contribution in [0.3, 0.4) is 0 Å². The minimum atomic E-state index is -0.827. The smallest absolute Gasteiger partial charge is 0.256 e. The minimum Gasteiger partial charge on any atom is -0.352 e. The van der Waals surface area contributed by atoms with Crippen molar-refractivity contribution in [3.63, 3.8) is 0 Å². The quantitative estimate of drug-likeness (QED) is 0.859. The standard InChI is InChI=1S/C14H19N3O2S/c1-4-20-11-6-5-10(9-16-11)12(18)17-8-7-15-13(19)14(17,2)3/h5-6,9H,4,7-8H2,1-3H3,(H,15,19). The number of carbonyl (C=O) groups is 2. The molecule has 0 spiro atoms. The molecule has 0 atom stereocenters. The van der Waals surface area contributed by atoms with Gasteiger partial charge in [0, 0.05) is 19.3 Å². The Hall–Kier alpha value is -1.56. The van der Waals surface area contributed by atoms with Gasteiger partial charge in [-0.2, -0.15) is 0 Å². The first-order valence-corrected chi connectivity index (χ1v) is 7.64. The van der Waals surface area contributed by atoms with Crippen LogP contribution in [0.2, 0.25) is 0 Å². The van der Waals surface area contributed by atoms with Crippen molar-refractivity contribution in [3.05, 3.63) is 23.9 Å². The summed E-state index contributed by atoms with van der Waals surface area (Å²) in [6.45, 7) is 6.58. The van der Waals surface area contributed by atoms with Gasteiger partial charge in [0.1, 0.15) is 5.54 Å². The second-order valence-electron chi connectivity index (χ2n) is 5.09. The molecule has 0 aliphatic carbocycles. The number of hydrogen-bond donors (Lipinski definition) is 1. The van der Waals surface area contributed by atoms with Crippen LogP contribution < -0.4 is 5.32 Å². The molecule has 1 fully saturated rings. The molecule has 2 rings (SSSR count). The van der Waals surface area contributed by atoms with Crippen LogP contribution in [0.5, 0.6) is 0 Å². The molecule has 0 saturated carbocycles. The number of hydrogen-bond acceptors (Lipinski definition) is 4. The van der Waals surface area contributed by atoms with Crippen LogP contribution >= 0.6 is 11.8 Å². The first kappa shape index (κ1) is 14.8. The number of carbonyl (C=O) groups excluding carboxylic acids is 2. The van der Waals surface area contributed by atoms with Crippen molar-refractivity contribution in [2.45, 2.75) is 31.3 Å². The lowest BCUT2D eigenvalue weighted by atomic mass is 9.98. The van der Waals surface area contributed by atoms with Crippen LogP contribution in [0.15, 0.2) is 23.4 Å². The molecule has 0 aromatic carbocycles. The van der Waals surface area contributed by atoms with Crippen LogP contribution in [0.25, 0.3) is 0 Å². The maximum Gasteiger partial charge on any atom is 0.256 e. The van der Waals surface area contributed by atoms with E-state index < -0.39 is 5.54 Å². The number of piperazine rings is 1. The van der Waals surface area contributed by atoms with Crippen molar-refractivity contribution in [2.75, 3.05) is 18.8 Å². The normalized spacial score (nSPS) is 17.8. The van der Waals surface area contributed by atoms with Gasteiger partial charge in [-0.25, -0.2) is 4.98 Å². The topological polar surface area (TPSA) is 62.3 Å². The molecular weight excluding hydrogens is 274 g/mol. The third-order valence-corrected chi connectivity index (χ3v) is 4.20. The highest BCUT2D eigenvalue weighted by Gasteiger charge is 2.40. The van der Waals surface area contributed by atoms with Crippen molar-refractivity contribution in [1.29, 1.82) is 0 Å². The van der Waals surface area contributed by atoms with E-state index in [0.29, 0.717) is 18.7 Å². The zero-order valence-electron chi connectivity index (χ0n) is 12.0. The van der Waals surface area contributed by atoms with Crippen molar-refractivity contribution in [3.8, 4) is 0 Å². The third-order valence-electron chi connectivity index (χ3n) is 3.37. The fourth-order valence-electron chi connectivity index (χ4n) is 2.15. The Labute approximate surface area is 123 Å². The predicted molar refractivity (Wildman–Crippen MR) is 78.8 cm³/mol. The predicted octanol–water partition coefficient (Wildman–Crippen LogP) is 1.54. The summed E-state index contributed by atoms with van der Waals surface area (Å²) >= 11 is 1.63. The molecule has 0 unspecified atom stereocenters. The molecule has 2 amide bonds. The van der Waals surface area contributed by atoms with Gasteiger partial charge in [-0.15, -0.1) is 11.8 Å². The van der Waals surface area contributed by atoms with Crippen molar-refractivity contribution >= 4 is 23.6 Å². The number of thioether (sulfide) groups is 1. The first-order valence-electron chi connectivity index (χ1n) is 6.66. The van der Waals surface area contributed by atoms with Gasteiger partial charge in [0.05, 0.1) is 10.6 Å². The Morgan fingerprint density at radius 2 is 2.25 bits per heavy atom. The van der Waals surface area contributed by atoms with Gasteiger partial charge < -0.3 is 10.2 Å². The van der Waals surface area contributed by atoms with E-state index in [-0.39, 0.29) is 11.8 Å². The number of nitrogens with one attached hydrogen (secondary N) is 1. The Bertz CT molecular complexity index is 514. The van der Waals surface area contributed by atoms with E-state index in [0.717, 1.165) is 10.8 Å². The average Bonchev–Trinajstić information content (AvgIpc) is 2.42. The number of amides is 2. The van der Waals surface area contributed by atoms with E-state index in [1.165, 1.54) is 0 Å². The highest BCUT2D eigenvalue weighted by molar-refractivity contribution is 7.99. The Morgan fingerprint density at radius 3 is 2.85 bits per heavy atom. The Balaban J connectivity index is 2.20. The molecule has 1 aliphatic rings. The van der Waals surface area contributed by atoms with Gasteiger partial charge in [-0.05, 0) is 31.7 Å². The molecule has 1 N–H and O–H groups in total. The summed E-state index contributed by atoms with van der Waals surface area (Å²) in [6.07, 6.45) is 1.59. The van der Waals surface area contributed by atoms with Crippen LogP contribution in [-0.4, -0.2) is 46.1 Å². The second-order valence-corrected chi connectivity index (χ2v) is 6.37. The number of aromatic nitrogens is 1. The molecule has 0 bridgehead atoms. The minimum absolute atomic E-state index is 0.122. The first-order chi connectivity index (χ1) is 9.46. The summed E-state index contributed by atoms with van der Waals surface area (Å²) in [5.74, 6) is 0.674. The fraction of sp³-hybridized carbons (Fsp3) is 0.500. The number of nitrogens with zero attached hydrogens (tertiary/aromatic N) is 2. The summed E-state index contributed by atoms with van der Waals surface area (Å²) in [7, 11) is 0. The van der Waals surface area contributed by atoms with E-state index in [9.17, 15) is 9.59 Å². The van der Waals surface area contributed by atoms with Crippen molar-refractivity contribution in [1.82, 2.24) is 15.2 Å². The molecule has 1 aromatic heterocycles. The van der Waals surface area contributed by atoms with Gasteiger partial charge in [-0.1, -0.05) is 6.92 Å². The highest BCUT2D eigenvalue weighted by Crippen LogP contribution is 2.21. The summed E-state index contributed by atoms with van der Waals surface area (Å²) in [4.78, 5) is 30.3. The molecule has 1 aromatic rings. The lowest BCUT2D eigenvalue weighted by Crippen LogP contribution is -2.63. The van der Waals surface area contributed by atoms with Crippen molar-refractivity contribution < 1.29 is 9.59 Å². The van der Waals surface area contributed by atoms with Gasteiger partial charge >= 0.3 is 0 Å². The maximum atomic E-state index is 12.5.